The van der Waals surface area contributed by atoms with E-state index in [4.69, 9.17) is 4.42 Å². The third-order valence-corrected chi connectivity index (χ3v) is 2.08. The molecule has 0 bridgehead atoms. The van der Waals surface area contributed by atoms with Gasteiger partial charge < -0.3 is 15.1 Å². The first-order valence-corrected chi connectivity index (χ1v) is 5.18. The van der Waals surface area contributed by atoms with E-state index in [0.717, 1.165) is 5.56 Å². The number of rotatable bonds is 5. The van der Waals surface area contributed by atoms with Crippen LogP contribution in [0.5, 0.6) is 0 Å². The van der Waals surface area contributed by atoms with E-state index in [9.17, 15) is 9.59 Å². The molecular weight excluding hydrogens is 208 g/mol. The molecule has 0 saturated heterocycles. The molecule has 0 spiro atoms. The molecule has 0 aliphatic rings. The van der Waals surface area contributed by atoms with Crippen LogP contribution in [0.2, 0.25) is 0 Å². The highest BCUT2D eigenvalue weighted by molar-refractivity contribution is 5.92. The maximum absolute atomic E-state index is 11.5. The molecule has 5 heteroatoms. The number of carbonyl (C=O) groups excluding carboxylic acids is 2. The molecule has 1 aromatic rings. The van der Waals surface area contributed by atoms with E-state index < -0.39 is 0 Å². The van der Waals surface area contributed by atoms with Crippen LogP contribution in [-0.4, -0.2) is 24.9 Å². The third kappa shape index (κ3) is 3.76. The van der Waals surface area contributed by atoms with Crippen LogP contribution in [-0.2, 0) is 4.79 Å². The molecule has 16 heavy (non-hydrogen) atoms. The number of carbonyl (C=O) groups is 2. The summed E-state index contributed by atoms with van der Waals surface area (Å²) in [5.74, 6) is 0.0676. The van der Waals surface area contributed by atoms with E-state index in [1.54, 1.807) is 6.07 Å². The normalized spacial score (nSPS) is 9.88. The van der Waals surface area contributed by atoms with E-state index in [0.29, 0.717) is 25.3 Å². The van der Waals surface area contributed by atoms with Crippen LogP contribution in [0, 0.1) is 6.92 Å². The van der Waals surface area contributed by atoms with Gasteiger partial charge in [0.1, 0.15) is 0 Å². The van der Waals surface area contributed by atoms with Crippen molar-refractivity contribution in [2.45, 2.75) is 20.3 Å². The zero-order valence-corrected chi connectivity index (χ0v) is 9.50. The Labute approximate surface area is 94.2 Å². The summed E-state index contributed by atoms with van der Waals surface area (Å²) in [6.07, 6.45) is 2.19. The average molecular weight is 224 g/mol. The topological polar surface area (TPSA) is 71.3 Å². The van der Waals surface area contributed by atoms with Crippen molar-refractivity contribution in [2.75, 3.05) is 13.1 Å². The molecule has 0 aliphatic heterocycles. The van der Waals surface area contributed by atoms with E-state index in [1.165, 1.54) is 13.2 Å². The molecule has 0 radical (unpaired) electrons. The summed E-state index contributed by atoms with van der Waals surface area (Å²) in [5.41, 5.74) is 0.819. The molecule has 2 N–H and O–H groups in total. The van der Waals surface area contributed by atoms with Crippen molar-refractivity contribution in [1.82, 2.24) is 10.6 Å². The predicted molar refractivity (Wildman–Crippen MR) is 59.1 cm³/mol. The highest BCUT2D eigenvalue weighted by atomic mass is 16.3. The van der Waals surface area contributed by atoms with Crippen LogP contribution in [0.4, 0.5) is 0 Å². The molecule has 2 amide bonds. The fourth-order valence-electron chi connectivity index (χ4n) is 1.24. The second-order valence-corrected chi connectivity index (χ2v) is 3.53. The lowest BCUT2D eigenvalue weighted by Gasteiger charge is -2.04. The Morgan fingerprint density at radius 3 is 2.56 bits per heavy atom. The first-order valence-electron chi connectivity index (χ1n) is 5.18. The highest BCUT2D eigenvalue weighted by Gasteiger charge is 2.10. The molecule has 0 aromatic carbocycles. The van der Waals surface area contributed by atoms with Crippen molar-refractivity contribution in [3.8, 4) is 0 Å². The van der Waals surface area contributed by atoms with Crippen molar-refractivity contribution < 1.29 is 14.0 Å². The van der Waals surface area contributed by atoms with Gasteiger partial charge in [-0.1, -0.05) is 0 Å². The minimum absolute atomic E-state index is 0.0618. The van der Waals surface area contributed by atoms with E-state index in [-0.39, 0.29) is 11.8 Å². The van der Waals surface area contributed by atoms with Crippen LogP contribution in [0.15, 0.2) is 16.7 Å². The van der Waals surface area contributed by atoms with Crippen LogP contribution in [0.25, 0.3) is 0 Å². The van der Waals surface area contributed by atoms with Gasteiger partial charge in [0.05, 0.1) is 6.26 Å². The fourth-order valence-corrected chi connectivity index (χ4v) is 1.24. The predicted octanol–water partition coefficient (Wildman–Crippen LogP) is 0.844. The van der Waals surface area contributed by atoms with Gasteiger partial charge in [-0.25, -0.2) is 0 Å². The van der Waals surface area contributed by atoms with Crippen LogP contribution in [0.3, 0.4) is 0 Å². The van der Waals surface area contributed by atoms with Crippen LogP contribution < -0.4 is 10.6 Å². The Morgan fingerprint density at radius 1 is 1.31 bits per heavy atom. The minimum atomic E-state index is -0.217. The standard InChI is InChI=1S/C11H16N2O3/c1-8-4-7-16-10(8)11(15)13-6-3-5-12-9(2)14/h4,7H,3,5-6H2,1-2H3,(H,12,14)(H,13,15). The second-order valence-electron chi connectivity index (χ2n) is 3.53. The Hall–Kier alpha value is -1.78. The summed E-state index contributed by atoms with van der Waals surface area (Å²) in [6, 6.07) is 1.74. The van der Waals surface area contributed by atoms with E-state index in [2.05, 4.69) is 10.6 Å². The third-order valence-electron chi connectivity index (χ3n) is 2.08. The summed E-state index contributed by atoms with van der Waals surface area (Å²) in [5, 5.41) is 5.37. The molecule has 0 fully saturated rings. The van der Waals surface area contributed by atoms with Gasteiger partial charge in [-0.05, 0) is 19.4 Å². The van der Waals surface area contributed by atoms with E-state index >= 15 is 0 Å². The lowest BCUT2D eigenvalue weighted by molar-refractivity contribution is -0.118. The molecule has 0 aliphatic carbocycles. The van der Waals surface area contributed by atoms with Gasteiger partial charge in [0.15, 0.2) is 5.76 Å². The van der Waals surface area contributed by atoms with Crippen molar-refractivity contribution in [3.05, 3.63) is 23.7 Å². The lowest BCUT2D eigenvalue weighted by Crippen LogP contribution is -2.28. The summed E-state index contributed by atoms with van der Waals surface area (Å²) < 4.78 is 5.04. The molecule has 0 saturated carbocycles. The van der Waals surface area contributed by atoms with Gasteiger partial charge in [0.2, 0.25) is 5.91 Å². The van der Waals surface area contributed by atoms with Gasteiger partial charge in [-0.3, -0.25) is 9.59 Å². The molecule has 0 atom stereocenters. The van der Waals surface area contributed by atoms with Gasteiger partial charge in [-0.15, -0.1) is 0 Å². The number of hydrogen-bond acceptors (Lipinski definition) is 3. The first kappa shape index (κ1) is 12.3. The van der Waals surface area contributed by atoms with Gasteiger partial charge >= 0.3 is 0 Å². The van der Waals surface area contributed by atoms with Crippen LogP contribution >= 0.6 is 0 Å². The SMILES string of the molecule is CC(=O)NCCCNC(=O)c1occc1C. The Morgan fingerprint density at radius 2 is 2.00 bits per heavy atom. The number of hydrogen-bond donors (Lipinski definition) is 2. The highest BCUT2D eigenvalue weighted by Crippen LogP contribution is 2.07. The summed E-state index contributed by atoms with van der Waals surface area (Å²) in [6.45, 7) is 4.35. The maximum atomic E-state index is 11.5. The molecule has 0 unspecified atom stereocenters. The maximum Gasteiger partial charge on any atom is 0.287 e. The molecular formula is C11H16N2O3. The Bertz CT molecular complexity index is 371. The zero-order valence-electron chi connectivity index (χ0n) is 9.50. The van der Waals surface area contributed by atoms with Crippen molar-refractivity contribution in [1.29, 1.82) is 0 Å². The van der Waals surface area contributed by atoms with Crippen molar-refractivity contribution in [2.24, 2.45) is 0 Å². The number of amides is 2. The molecule has 1 rings (SSSR count). The second kappa shape index (κ2) is 5.95. The van der Waals surface area contributed by atoms with Gasteiger partial charge in [-0.2, -0.15) is 0 Å². The largest absolute Gasteiger partial charge is 0.459 e. The first-order chi connectivity index (χ1) is 7.61. The average Bonchev–Trinajstić information content (AvgIpc) is 2.63. The number of nitrogens with one attached hydrogen (secondary N) is 2. The smallest absolute Gasteiger partial charge is 0.287 e. The molecule has 5 nitrogen and oxygen atoms in total. The fraction of sp³-hybridized carbons (Fsp3) is 0.455. The van der Waals surface area contributed by atoms with Crippen molar-refractivity contribution in [3.63, 3.8) is 0 Å². The number of aryl methyl sites for hydroxylation is 1. The van der Waals surface area contributed by atoms with Crippen LogP contribution in [0.1, 0.15) is 29.5 Å². The van der Waals surface area contributed by atoms with E-state index in [1.807, 2.05) is 6.92 Å². The Kier molecular flexibility index (Phi) is 4.57. The summed E-state index contributed by atoms with van der Waals surface area (Å²) in [7, 11) is 0. The molecule has 1 aromatic heterocycles. The summed E-state index contributed by atoms with van der Waals surface area (Å²) in [4.78, 5) is 22.1. The quantitative estimate of drug-likeness (QED) is 0.728. The minimum Gasteiger partial charge on any atom is -0.459 e. The number of furan rings is 1. The summed E-state index contributed by atoms with van der Waals surface area (Å²) >= 11 is 0. The zero-order chi connectivity index (χ0) is 12.0. The molecule has 88 valence electrons. The monoisotopic (exact) mass is 224 g/mol. The Balaban J connectivity index is 2.21. The lowest BCUT2D eigenvalue weighted by atomic mass is 10.2. The van der Waals surface area contributed by atoms with Gasteiger partial charge in [0, 0.05) is 25.6 Å². The van der Waals surface area contributed by atoms with Crippen molar-refractivity contribution >= 4 is 11.8 Å². The van der Waals surface area contributed by atoms with Gasteiger partial charge in [0.25, 0.3) is 5.91 Å². The molecule has 1 heterocycles.